The molecule has 1 atom stereocenters. The molecule has 12 heteroatoms. The van der Waals surface area contributed by atoms with Gasteiger partial charge in [-0.25, -0.2) is 4.68 Å². The van der Waals surface area contributed by atoms with Crippen LogP contribution in [0.5, 0.6) is 0 Å². The number of carbonyl (C=O) groups is 3. The summed E-state index contributed by atoms with van der Waals surface area (Å²) < 4.78 is 1.63. The maximum atomic E-state index is 13.5. The largest absolute Gasteiger partial charge is 0.338 e. The number of rotatable bonds is 7. The van der Waals surface area contributed by atoms with Crippen LogP contribution in [-0.4, -0.2) is 68.2 Å². The van der Waals surface area contributed by atoms with Gasteiger partial charge in [0.2, 0.25) is 11.8 Å². The minimum absolute atomic E-state index is 0.00914. The van der Waals surface area contributed by atoms with Crippen LogP contribution in [-0.2, 0) is 9.59 Å². The predicted molar refractivity (Wildman–Crippen MR) is 155 cm³/mol. The minimum atomic E-state index is -0.414. The molecule has 2 saturated heterocycles. The Labute approximate surface area is 247 Å². The molecular formula is C28H29Cl3N6O3. The van der Waals surface area contributed by atoms with Gasteiger partial charge in [-0.1, -0.05) is 59.1 Å². The van der Waals surface area contributed by atoms with E-state index in [1.165, 1.54) is 12.1 Å². The van der Waals surface area contributed by atoms with Crippen molar-refractivity contribution < 1.29 is 14.4 Å². The number of likely N-dealkylation sites (tertiary alicyclic amines) is 2. The van der Waals surface area contributed by atoms with Gasteiger partial charge in [-0.15, -0.1) is 5.10 Å². The molecule has 0 aliphatic carbocycles. The summed E-state index contributed by atoms with van der Waals surface area (Å²) in [5.41, 5.74) is 2.04. The van der Waals surface area contributed by atoms with Crippen LogP contribution in [0, 0.1) is 0 Å². The molecule has 2 aliphatic heterocycles. The van der Waals surface area contributed by atoms with Gasteiger partial charge in [-0.2, -0.15) is 0 Å². The number of anilines is 1. The zero-order valence-corrected chi connectivity index (χ0v) is 24.2. The van der Waals surface area contributed by atoms with Gasteiger partial charge in [0.05, 0.1) is 22.5 Å². The van der Waals surface area contributed by atoms with Crippen molar-refractivity contribution in [3.05, 3.63) is 63.2 Å². The quantitative estimate of drug-likeness (QED) is 0.372. The van der Waals surface area contributed by atoms with E-state index in [9.17, 15) is 14.4 Å². The van der Waals surface area contributed by atoms with Crippen LogP contribution in [0.1, 0.15) is 55.4 Å². The Bertz CT molecular complexity index is 1440. The van der Waals surface area contributed by atoms with E-state index in [-0.39, 0.29) is 40.0 Å². The van der Waals surface area contributed by atoms with Crippen molar-refractivity contribution >= 4 is 58.2 Å². The molecular weight excluding hydrogens is 575 g/mol. The first-order chi connectivity index (χ1) is 19.2. The van der Waals surface area contributed by atoms with E-state index < -0.39 is 6.04 Å². The average Bonchev–Trinajstić information content (AvgIpc) is 3.57. The smallest absolute Gasteiger partial charge is 0.256 e. The van der Waals surface area contributed by atoms with Crippen LogP contribution in [0.2, 0.25) is 15.1 Å². The first-order valence-corrected chi connectivity index (χ1v) is 14.4. The molecule has 40 heavy (non-hydrogen) atoms. The van der Waals surface area contributed by atoms with E-state index in [2.05, 4.69) is 15.6 Å². The number of aromatic nitrogens is 3. The van der Waals surface area contributed by atoms with E-state index in [4.69, 9.17) is 34.8 Å². The second kappa shape index (κ2) is 12.2. The Balaban J connectivity index is 1.23. The second-order valence-corrected chi connectivity index (χ2v) is 11.3. The Morgan fingerprint density at radius 2 is 1.80 bits per heavy atom. The summed E-state index contributed by atoms with van der Waals surface area (Å²) in [4.78, 5) is 42.8. The van der Waals surface area contributed by atoms with Crippen LogP contribution < -0.4 is 5.32 Å². The number of amides is 3. The molecule has 5 rings (SSSR count). The first-order valence-electron chi connectivity index (χ1n) is 13.3. The maximum absolute atomic E-state index is 13.5. The number of hydrogen-bond acceptors (Lipinski definition) is 5. The number of carbonyl (C=O) groups excluding carboxylic acids is 3. The molecule has 1 unspecified atom stereocenters. The fourth-order valence-electron chi connectivity index (χ4n) is 5.35. The van der Waals surface area contributed by atoms with Crippen molar-refractivity contribution in [2.75, 3.05) is 25.0 Å². The van der Waals surface area contributed by atoms with Crippen molar-refractivity contribution in [3.8, 4) is 11.3 Å². The average molecular weight is 604 g/mol. The van der Waals surface area contributed by atoms with Gasteiger partial charge in [-0.3, -0.25) is 14.4 Å². The molecule has 2 fully saturated rings. The molecule has 0 saturated carbocycles. The van der Waals surface area contributed by atoms with Crippen LogP contribution in [0.4, 0.5) is 5.69 Å². The topological polar surface area (TPSA) is 100 Å². The van der Waals surface area contributed by atoms with E-state index >= 15 is 0 Å². The Hall–Kier alpha value is -3.14. The highest BCUT2D eigenvalue weighted by molar-refractivity contribution is 6.38. The van der Waals surface area contributed by atoms with Crippen molar-refractivity contribution in [1.82, 2.24) is 24.8 Å². The first kappa shape index (κ1) is 28.4. The van der Waals surface area contributed by atoms with Crippen molar-refractivity contribution in [2.24, 2.45) is 0 Å². The number of nitrogens with one attached hydrogen (secondary N) is 1. The Kier molecular flexibility index (Phi) is 8.63. The number of benzene rings is 2. The number of halogens is 3. The Morgan fingerprint density at radius 1 is 1.02 bits per heavy atom. The highest BCUT2D eigenvalue weighted by atomic mass is 35.5. The minimum Gasteiger partial charge on any atom is -0.338 e. The summed E-state index contributed by atoms with van der Waals surface area (Å²) in [5, 5.41) is 12.4. The van der Waals surface area contributed by atoms with Crippen LogP contribution >= 0.6 is 34.8 Å². The number of hydrogen-bond donors (Lipinski definition) is 1. The highest BCUT2D eigenvalue weighted by Crippen LogP contribution is 2.34. The summed E-state index contributed by atoms with van der Waals surface area (Å²) in [7, 11) is 0. The van der Waals surface area contributed by atoms with Gasteiger partial charge < -0.3 is 15.1 Å². The summed E-state index contributed by atoms with van der Waals surface area (Å²) in [6.07, 6.45) is 4.69. The van der Waals surface area contributed by atoms with Crippen LogP contribution in [0.25, 0.3) is 11.3 Å². The molecule has 0 bridgehead atoms. The molecule has 9 nitrogen and oxygen atoms in total. The Morgan fingerprint density at radius 3 is 2.52 bits per heavy atom. The fraction of sp³-hybridized carbons (Fsp3) is 0.393. The van der Waals surface area contributed by atoms with Gasteiger partial charge in [0.15, 0.2) is 0 Å². The third-order valence-electron chi connectivity index (χ3n) is 7.38. The predicted octanol–water partition coefficient (Wildman–Crippen LogP) is 5.72. The molecule has 1 N–H and O–H groups in total. The lowest BCUT2D eigenvalue weighted by atomic mass is 10.0. The van der Waals surface area contributed by atoms with E-state index in [1.807, 2.05) is 30.0 Å². The summed E-state index contributed by atoms with van der Waals surface area (Å²) in [5.74, 6) is -0.458. The molecule has 0 spiro atoms. The van der Waals surface area contributed by atoms with Gasteiger partial charge >= 0.3 is 0 Å². The maximum Gasteiger partial charge on any atom is 0.256 e. The zero-order valence-electron chi connectivity index (χ0n) is 21.9. The molecule has 3 heterocycles. The summed E-state index contributed by atoms with van der Waals surface area (Å²) in [6, 6.07) is 10.0. The van der Waals surface area contributed by atoms with Gasteiger partial charge in [-0.05, 0) is 49.9 Å². The molecule has 3 amide bonds. The lowest BCUT2D eigenvalue weighted by Gasteiger charge is -2.37. The molecule has 210 valence electrons. The number of nitrogens with zero attached hydrogens (tertiary/aromatic N) is 5. The molecule has 0 radical (unpaired) electrons. The standard InChI is InChI=1S/C28H29Cl3N6O3/c1-2-4-25(38)32-26-21(14-19(30)15-22(26)31)27(39)35-10-7-20(8-11-35)36-12-9-24(28(36)40)37-16-23(33-34-37)17-5-3-6-18(29)13-17/h3,5-6,13-16,20,24H,2,4,7-12H2,1H3,(H,32,38). The monoisotopic (exact) mass is 602 g/mol. The molecule has 2 aromatic carbocycles. The number of piperidine rings is 1. The van der Waals surface area contributed by atoms with Gasteiger partial charge in [0.1, 0.15) is 11.7 Å². The fourth-order valence-corrected chi connectivity index (χ4v) is 6.08. The van der Waals surface area contributed by atoms with Crippen LogP contribution in [0.15, 0.2) is 42.6 Å². The van der Waals surface area contributed by atoms with E-state index in [1.54, 1.807) is 21.8 Å². The lowest BCUT2D eigenvalue weighted by Crippen LogP contribution is -2.47. The highest BCUT2D eigenvalue weighted by Gasteiger charge is 2.39. The summed E-state index contributed by atoms with van der Waals surface area (Å²) >= 11 is 18.7. The third-order valence-corrected chi connectivity index (χ3v) is 8.13. The summed E-state index contributed by atoms with van der Waals surface area (Å²) in [6.45, 7) is 3.45. The van der Waals surface area contributed by atoms with Crippen LogP contribution in [0.3, 0.4) is 0 Å². The lowest BCUT2D eigenvalue weighted by molar-refractivity contribution is -0.133. The molecule has 1 aromatic heterocycles. The SMILES string of the molecule is CCCC(=O)Nc1c(Cl)cc(Cl)cc1C(=O)N1CCC(N2CCC(n3cc(-c4cccc(Cl)c4)nn3)C2=O)CC1. The molecule has 3 aromatic rings. The van der Waals surface area contributed by atoms with Crippen molar-refractivity contribution in [1.29, 1.82) is 0 Å². The molecule has 2 aliphatic rings. The zero-order chi connectivity index (χ0) is 28.4. The van der Waals surface area contributed by atoms with E-state index in [0.29, 0.717) is 67.5 Å². The van der Waals surface area contributed by atoms with Crippen molar-refractivity contribution in [2.45, 2.75) is 51.1 Å². The normalized spacial score (nSPS) is 17.9. The van der Waals surface area contributed by atoms with Gasteiger partial charge in [0.25, 0.3) is 5.91 Å². The van der Waals surface area contributed by atoms with E-state index in [0.717, 1.165) is 5.56 Å². The third kappa shape index (κ3) is 5.96. The second-order valence-electron chi connectivity index (χ2n) is 10.1. The van der Waals surface area contributed by atoms with Gasteiger partial charge in [0, 0.05) is 47.7 Å². The van der Waals surface area contributed by atoms with Crippen molar-refractivity contribution in [3.63, 3.8) is 0 Å².